The zero-order valence-corrected chi connectivity index (χ0v) is 6.03. The molecule has 6 nitrogen and oxygen atoms in total. The number of aliphatic hydroxyl groups is 5. The fourth-order valence-electron chi connectivity index (χ4n) is 1.09. The SMILES string of the molecule is O=C1C(O)C(O)[C@H](O)[C@H](O)C1O. The molecule has 0 spiro atoms. The van der Waals surface area contributed by atoms with E-state index >= 15 is 0 Å². The summed E-state index contributed by atoms with van der Waals surface area (Å²) in [5.74, 6) is -1.08. The van der Waals surface area contributed by atoms with Crippen molar-refractivity contribution in [1.29, 1.82) is 0 Å². The Morgan fingerprint density at radius 1 is 0.750 bits per heavy atom. The average Bonchev–Trinajstić information content (AvgIpc) is 2.08. The second-order valence-corrected chi connectivity index (χ2v) is 2.76. The van der Waals surface area contributed by atoms with Crippen molar-refractivity contribution >= 4 is 5.78 Å². The number of hydrogen-bond donors (Lipinski definition) is 5. The van der Waals surface area contributed by atoms with E-state index in [4.69, 9.17) is 25.5 Å². The lowest BCUT2D eigenvalue weighted by Crippen LogP contribution is -2.61. The maximum atomic E-state index is 10.8. The van der Waals surface area contributed by atoms with Gasteiger partial charge in [0.05, 0.1) is 0 Å². The van der Waals surface area contributed by atoms with Crippen LogP contribution in [0.15, 0.2) is 0 Å². The Morgan fingerprint density at radius 2 is 1.08 bits per heavy atom. The molecule has 1 fully saturated rings. The highest BCUT2D eigenvalue weighted by Gasteiger charge is 2.47. The van der Waals surface area contributed by atoms with E-state index in [1.807, 2.05) is 0 Å². The second kappa shape index (κ2) is 3.08. The van der Waals surface area contributed by atoms with Gasteiger partial charge in [0, 0.05) is 0 Å². The quantitative estimate of drug-likeness (QED) is 0.261. The van der Waals surface area contributed by atoms with Crippen LogP contribution >= 0.6 is 0 Å². The van der Waals surface area contributed by atoms with Gasteiger partial charge in [-0.2, -0.15) is 0 Å². The minimum Gasteiger partial charge on any atom is -0.387 e. The van der Waals surface area contributed by atoms with E-state index in [1.54, 1.807) is 0 Å². The molecule has 0 saturated heterocycles. The molecule has 0 heterocycles. The van der Waals surface area contributed by atoms with Crippen molar-refractivity contribution in [1.82, 2.24) is 0 Å². The summed E-state index contributed by atoms with van der Waals surface area (Å²) in [5.41, 5.74) is 0. The number of carbonyl (C=O) groups excluding carboxylic acids is 1. The number of ketones is 1. The molecule has 1 aliphatic carbocycles. The Hall–Kier alpha value is -0.530. The fourth-order valence-corrected chi connectivity index (χ4v) is 1.09. The second-order valence-electron chi connectivity index (χ2n) is 2.76. The van der Waals surface area contributed by atoms with Gasteiger partial charge in [-0.1, -0.05) is 0 Å². The fraction of sp³-hybridized carbons (Fsp3) is 0.833. The summed E-state index contributed by atoms with van der Waals surface area (Å²) in [6.45, 7) is 0. The Labute approximate surface area is 67.7 Å². The van der Waals surface area contributed by atoms with Gasteiger partial charge in [-0.15, -0.1) is 0 Å². The van der Waals surface area contributed by atoms with Gasteiger partial charge >= 0.3 is 0 Å². The lowest BCUT2D eigenvalue weighted by molar-refractivity contribution is -0.185. The summed E-state index contributed by atoms with van der Waals surface area (Å²) < 4.78 is 0. The third-order valence-corrected chi connectivity index (χ3v) is 1.93. The highest BCUT2D eigenvalue weighted by Crippen LogP contribution is 2.17. The molecule has 1 saturated carbocycles. The zero-order chi connectivity index (χ0) is 9.46. The Bertz CT molecular complexity index is 174. The zero-order valence-electron chi connectivity index (χ0n) is 6.03. The Morgan fingerprint density at radius 3 is 1.42 bits per heavy atom. The maximum absolute atomic E-state index is 10.8. The standard InChI is InChI=1S/C6H10O6/c7-1-2(8)4(10)6(12)5(11)3(1)9/h1-5,7-11H/t1-,2+,3?,4?,5?/m1/s1. The van der Waals surface area contributed by atoms with E-state index in [0.29, 0.717) is 0 Å². The van der Waals surface area contributed by atoms with Crippen LogP contribution in [0, 0.1) is 0 Å². The first-order chi connectivity index (χ1) is 5.46. The van der Waals surface area contributed by atoms with Gasteiger partial charge in [0.2, 0.25) is 0 Å². The molecule has 0 bridgehead atoms. The van der Waals surface area contributed by atoms with Crippen LogP contribution in [-0.2, 0) is 4.79 Å². The number of Topliss-reactive ketones (excluding diaryl/α,β-unsaturated/α-hetero) is 1. The molecule has 1 aliphatic rings. The molecule has 0 aromatic rings. The first kappa shape index (κ1) is 9.56. The van der Waals surface area contributed by atoms with Crippen LogP contribution in [0.2, 0.25) is 0 Å². The molecule has 70 valence electrons. The van der Waals surface area contributed by atoms with Crippen LogP contribution in [0.5, 0.6) is 0 Å². The van der Waals surface area contributed by atoms with Crippen molar-refractivity contribution in [2.24, 2.45) is 0 Å². The summed E-state index contributed by atoms with van der Waals surface area (Å²) in [5, 5.41) is 44.5. The highest BCUT2D eigenvalue weighted by molar-refractivity contribution is 5.89. The van der Waals surface area contributed by atoms with E-state index in [-0.39, 0.29) is 0 Å². The smallest absolute Gasteiger partial charge is 0.195 e. The number of rotatable bonds is 0. The molecular weight excluding hydrogens is 168 g/mol. The van der Waals surface area contributed by atoms with Crippen molar-refractivity contribution in [2.45, 2.75) is 30.5 Å². The van der Waals surface area contributed by atoms with Crippen LogP contribution in [0.25, 0.3) is 0 Å². The van der Waals surface area contributed by atoms with Crippen molar-refractivity contribution < 1.29 is 30.3 Å². The van der Waals surface area contributed by atoms with Crippen molar-refractivity contribution in [2.75, 3.05) is 0 Å². The molecule has 5 N–H and O–H groups in total. The molecular formula is C6H10O6. The van der Waals surface area contributed by atoms with Crippen LogP contribution in [0.4, 0.5) is 0 Å². The Balaban J connectivity index is 2.83. The van der Waals surface area contributed by atoms with Gasteiger partial charge in [-0.3, -0.25) is 4.79 Å². The molecule has 0 aromatic heterocycles. The van der Waals surface area contributed by atoms with Gasteiger partial charge in [0.15, 0.2) is 5.78 Å². The van der Waals surface area contributed by atoms with Crippen molar-refractivity contribution in [3.05, 3.63) is 0 Å². The van der Waals surface area contributed by atoms with Gasteiger partial charge in [0.25, 0.3) is 0 Å². The summed E-state index contributed by atoms with van der Waals surface area (Å²) in [4.78, 5) is 10.8. The van der Waals surface area contributed by atoms with Gasteiger partial charge < -0.3 is 25.5 Å². The molecule has 0 aliphatic heterocycles. The normalized spacial score (nSPS) is 49.4. The summed E-state index contributed by atoms with van der Waals surface area (Å²) >= 11 is 0. The van der Waals surface area contributed by atoms with Crippen LogP contribution in [-0.4, -0.2) is 61.8 Å². The van der Waals surface area contributed by atoms with E-state index in [1.165, 1.54) is 0 Å². The van der Waals surface area contributed by atoms with Crippen molar-refractivity contribution in [3.8, 4) is 0 Å². The molecule has 12 heavy (non-hydrogen) atoms. The van der Waals surface area contributed by atoms with E-state index in [0.717, 1.165) is 0 Å². The molecule has 0 aromatic carbocycles. The topological polar surface area (TPSA) is 118 Å². The lowest BCUT2D eigenvalue weighted by Gasteiger charge is -2.34. The molecule has 5 atom stereocenters. The van der Waals surface area contributed by atoms with Crippen LogP contribution < -0.4 is 0 Å². The molecule has 6 heteroatoms. The minimum absolute atomic E-state index is 1.08. The molecule has 0 radical (unpaired) electrons. The summed E-state index contributed by atoms with van der Waals surface area (Å²) in [6, 6.07) is 0. The van der Waals surface area contributed by atoms with Gasteiger partial charge in [-0.05, 0) is 0 Å². The molecule has 1 rings (SSSR count). The first-order valence-corrected chi connectivity index (χ1v) is 3.41. The third-order valence-electron chi connectivity index (χ3n) is 1.93. The highest BCUT2D eigenvalue weighted by atomic mass is 16.4. The summed E-state index contributed by atoms with van der Waals surface area (Å²) in [7, 11) is 0. The largest absolute Gasteiger partial charge is 0.387 e. The first-order valence-electron chi connectivity index (χ1n) is 3.41. The van der Waals surface area contributed by atoms with Crippen LogP contribution in [0.3, 0.4) is 0 Å². The van der Waals surface area contributed by atoms with Crippen molar-refractivity contribution in [3.63, 3.8) is 0 Å². The molecule has 0 amide bonds. The van der Waals surface area contributed by atoms with E-state index in [2.05, 4.69) is 0 Å². The number of aliphatic hydroxyl groups excluding tert-OH is 5. The molecule has 3 unspecified atom stereocenters. The van der Waals surface area contributed by atoms with Gasteiger partial charge in [0.1, 0.15) is 30.5 Å². The average molecular weight is 178 g/mol. The number of hydrogen-bond acceptors (Lipinski definition) is 6. The van der Waals surface area contributed by atoms with Crippen LogP contribution in [0.1, 0.15) is 0 Å². The Kier molecular flexibility index (Phi) is 2.45. The lowest BCUT2D eigenvalue weighted by atomic mass is 9.86. The van der Waals surface area contributed by atoms with E-state index < -0.39 is 36.3 Å². The minimum atomic E-state index is -1.83. The monoisotopic (exact) mass is 178 g/mol. The predicted molar refractivity (Wildman–Crippen MR) is 35.0 cm³/mol. The predicted octanol–water partition coefficient (Wildman–Crippen LogP) is -3.63. The number of carbonyl (C=O) groups is 1. The van der Waals surface area contributed by atoms with Gasteiger partial charge in [-0.25, -0.2) is 0 Å². The maximum Gasteiger partial charge on any atom is 0.195 e. The summed E-state index contributed by atoms with van der Waals surface area (Å²) in [6.07, 6.45) is -8.85. The van der Waals surface area contributed by atoms with E-state index in [9.17, 15) is 4.79 Å². The third kappa shape index (κ3) is 1.23.